The molecule has 0 saturated carbocycles. The monoisotopic (exact) mass is 271 g/mol. The molecule has 4 heteroatoms. The average Bonchev–Trinajstić information content (AvgIpc) is 2.39. The van der Waals surface area contributed by atoms with Gasteiger partial charge in [0.1, 0.15) is 0 Å². The van der Waals surface area contributed by atoms with Gasteiger partial charge in [0.25, 0.3) is 0 Å². The van der Waals surface area contributed by atoms with Crippen LogP contribution in [0.5, 0.6) is 0 Å². The Balaban J connectivity index is 2.31. The van der Waals surface area contributed by atoms with Crippen LogP contribution in [0.1, 0.15) is 11.1 Å². The van der Waals surface area contributed by atoms with Gasteiger partial charge in [-0.3, -0.25) is 0 Å². The van der Waals surface area contributed by atoms with Gasteiger partial charge in [-0.25, -0.2) is 0 Å². The van der Waals surface area contributed by atoms with Crippen LogP contribution in [0, 0.1) is 18.3 Å². The highest BCUT2D eigenvalue weighted by Gasteiger charge is 2.04. The zero-order valence-electron chi connectivity index (χ0n) is 10.6. The molecular weight excluding hydrogens is 258 g/mol. The summed E-state index contributed by atoms with van der Waals surface area (Å²) >= 11 is 6.08. The van der Waals surface area contributed by atoms with Gasteiger partial charge in [-0.15, -0.1) is 0 Å². The third-order valence-corrected chi connectivity index (χ3v) is 3.37. The van der Waals surface area contributed by atoms with Gasteiger partial charge in [0.2, 0.25) is 0 Å². The highest BCUT2D eigenvalue weighted by atomic mass is 35.5. The Bertz CT molecular complexity index is 644. The van der Waals surface area contributed by atoms with E-state index in [2.05, 4.69) is 11.4 Å². The summed E-state index contributed by atoms with van der Waals surface area (Å²) in [4.78, 5) is 0. The number of anilines is 3. The van der Waals surface area contributed by atoms with E-state index < -0.39 is 0 Å². The molecule has 0 aromatic heterocycles. The van der Waals surface area contributed by atoms with Crippen molar-refractivity contribution in [3.63, 3.8) is 0 Å². The van der Waals surface area contributed by atoms with Crippen LogP contribution >= 0.6 is 11.6 Å². The molecule has 0 unspecified atom stereocenters. The fourth-order valence-electron chi connectivity index (χ4n) is 1.82. The average molecular weight is 272 g/mol. The number of rotatable bonds is 3. The van der Waals surface area contributed by atoms with Crippen LogP contribution in [0.15, 0.2) is 36.4 Å². The Morgan fingerprint density at radius 1 is 1.32 bits per heavy atom. The van der Waals surface area contributed by atoms with Gasteiger partial charge in [-0.1, -0.05) is 17.7 Å². The molecule has 0 aliphatic carbocycles. The molecule has 0 atom stereocenters. The lowest BCUT2D eigenvalue weighted by Crippen LogP contribution is -1.98. The van der Waals surface area contributed by atoms with Crippen molar-refractivity contribution in [1.82, 2.24) is 0 Å². The third-order valence-electron chi connectivity index (χ3n) is 2.96. The number of benzene rings is 2. The number of halogens is 1. The predicted molar refractivity (Wildman–Crippen MR) is 79.6 cm³/mol. The smallest absolute Gasteiger partial charge is 0.0670 e. The Morgan fingerprint density at radius 2 is 2.11 bits per heavy atom. The molecule has 0 aliphatic rings. The second-order valence-electron chi connectivity index (χ2n) is 4.29. The third kappa shape index (κ3) is 2.98. The van der Waals surface area contributed by atoms with Crippen LogP contribution < -0.4 is 11.1 Å². The Morgan fingerprint density at radius 3 is 2.84 bits per heavy atom. The standard InChI is InChI=1S/C15H14ClN3/c1-10-13(16)3-2-4-15(10)19-12-5-6-14(18)11(9-12)7-8-17/h2-6,9,19H,7,18H2,1H3. The molecule has 0 radical (unpaired) electrons. The van der Waals surface area contributed by atoms with Crippen LogP contribution in [-0.2, 0) is 6.42 Å². The maximum absolute atomic E-state index is 8.76. The lowest BCUT2D eigenvalue weighted by atomic mass is 10.1. The zero-order chi connectivity index (χ0) is 13.8. The molecule has 0 heterocycles. The molecule has 19 heavy (non-hydrogen) atoms. The van der Waals surface area contributed by atoms with Crippen molar-refractivity contribution in [1.29, 1.82) is 5.26 Å². The van der Waals surface area contributed by atoms with E-state index in [1.54, 1.807) is 6.07 Å². The quantitative estimate of drug-likeness (QED) is 0.828. The van der Waals surface area contributed by atoms with E-state index in [0.717, 1.165) is 27.5 Å². The molecule has 0 bridgehead atoms. The molecule has 2 aromatic rings. The normalized spacial score (nSPS) is 9.95. The van der Waals surface area contributed by atoms with Crippen LogP contribution in [0.2, 0.25) is 5.02 Å². The zero-order valence-corrected chi connectivity index (χ0v) is 11.3. The van der Waals surface area contributed by atoms with E-state index in [0.29, 0.717) is 12.1 Å². The van der Waals surface area contributed by atoms with E-state index in [1.165, 1.54) is 0 Å². The predicted octanol–water partition coefficient (Wildman–Crippen LogP) is 4.04. The van der Waals surface area contributed by atoms with Crippen molar-refractivity contribution in [2.45, 2.75) is 13.3 Å². The minimum absolute atomic E-state index is 0.301. The van der Waals surface area contributed by atoms with Gasteiger partial charge in [0.05, 0.1) is 12.5 Å². The summed E-state index contributed by atoms with van der Waals surface area (Å²) in [5, 5.41) is 12.8. The van der Waals surface area contributed by atoms with Crippen molar-refractivity contribution in [3.05, 3.63) is 52.5 Å². The summed E-state index contributed by atoms with van der Waals surface area (Å²) in [5.74, 6) is 0. The lowest BCUT2D eigenvalue weighted by molar-refractivity contribution is 1.26. The first-order valence-corrected chi connectivity index (χ1v) is 6.27. The summed E-state index contributed by atoms with van der Waals surface area (Å²) in [6, 6.07) is 13.4. The highest BCUT2D eigenvalue weighted by Crippen LogP contribution is 2.27. The van der Waals surface area contributed by atoms with Crippen LogP contribution in [-0.4, -0.2) is 0 Å². The van der Waals surface area contributed by atoms with E-state index in [9.17, 15) is 0 Å². The van der Waals surface area contributed by atoms with Gasteiger partial charge in [-0.2, -0.15) is 5.26 Å². The van der Waals surface area contributed by atoms with Crippen molar-refractivity contribution in [2.24, 2.45) is 0 Å². The summed E-state index contributed by atoms with van der Waals surface area (Å²) < 4.78 is 0. The van der Waals surface area contributed by atoms with Crippen LogP contribution in [0.4, 0.5) is 17.1 Å². The summed E-state index contributed by atoms with van der Waals surface area (Å²) in [6.07, 6.45) is 0.301. The molecule has 96 valence electrons. The highest BCUT2D eigenvalue weighted by molar-refractivity contribution is 6.31. The van der Waals surface area contributed by atoms with Crippen molar-refractivity contribution < 1.29 is 0 Å². The first kappa shape index (κ1) is 13.3. The minimum Gasteiger partial charge on any atom is -0.398 e. The molecule has 2 rings (SSSR count). The largest absolute Gasteiger partial charge is 0.398 e. The van der Waals surface area contributed by atoms with Gasteiger partial charge in [-0.05, 0) is 48.4 Å². The van der Waals surface area contributed by atoms with Gasteiger partial charge < -0.3 is 11.1 Å². The van der Waals surface area contributed by atoms with Crippen LogP contribution in [0.25, 0.3) is 0 Å². The number of hydrogen-bond acceptors (Lipinski definition) is 3. The molecule has 3 N–H and O–H groups in total. The molecule has 0 saturated heterocycles. The minimum atomic E-state index is 0.301. The van der Waals surface area contributed by atoms with Gasteiger partial charge in [0.15, 0.2) is 0 Å². The second kappa shape index (κ2) is 5.64. The molecular formula is C15H14ClN3. The topological polar surface area (TPSA) is 61.8 Å². The number of nitrogens with zero attached hydrogens (tertiary/aromatic N) is 1. The molecule has 0 amide bonds. The maximum Gasteiger partial charge on any atom is 0.0670 e. The summed E-state index contributed by atoms with van der Waals surface area (Å²) in [6.45, 7) is 1.96. The van der Waals surface area contributed by atoms with Crippen molar-refractivity contribution in [3.8, 4) is 6.07 Å². The number of nitrogens with one attached hydrogen (secondary N) is 1. The van der Waals surface area contributed by atoms with Crippen molar-refractivity contribution >= 4 is 28.7 Å². The lowest BCUT2D eigenvalue weighted by Gasteiger charge is -2.12. The van der Waals surface area contributed by atoms with E-state index in [-0.39, 0.29) is 0 Å². The maximum atomic E-state index is 8.76. The Kier molecular flexibility index (Phi) is 3.94. The SMILES string of the molecule is Cc1c(Cl)cccc1Nc1ccc(N)c(CC#N)c1. The second-order valence-corrected chi connectivity index (χ2v) is 4.69. The van der Waals surface area contributed by atoms with E-state index in [4.69, 9.17) is 22.6 Å². The molecule has 0 fully saturated rings. The summed E-state index contributed by atoms with van der Waals surface area (Å²) in [5.41, 5.74) is 10.1. The Labute approximate surface area is 117 Å². The molecule has 3 nitrogen and oxygen atoms in total. The van der Waals surface area contributed by atoms with E-state index in [1.807, 2.05) is 37.3 Å². The fraction of sp³-hybridized carbons (Fsp3) is 0.133. The Hall–Kier alpha value is -2.18. The first-order valence-electron chi connectivity index (χ1n) is 5.89. The first-order chi connectivity index (χ1) is 9.11. The number of nitriles is 1. The molecule has 2 aromatic carbocycles. The number of nitrogen functional groups attached to an aromatic ring is 1. The number of hydrogen-bond donors (Lipinski definition) is 2. The van der Waals surface area contributed by atoms with Gasteiger partial charge >= 0.3 is 0 Å². The van der Waals surface area contributed by atoms with Crippen LogP contribution in [0.3, 0.4) is 0 Å². The number of nitrogens with two attached hydrogens (primary N) is 1. The fourth-order valence-corrected chi connectivity index (χ4v) is 1.99. The molecule has 0 spiro atoms. The van der Waals surface area contributed by atoms with Crippen molar-refractivity contribution in [2.75, 3.05) is 11.1 Å². The summed E-state index contributed by atoms with van der Waals surface area (Å²) in [7, 11) is 0. The van der Waals surface area contributed by atoms with E-state index >= 15 is 0 Å². The van der Waals surface area contributed by atoms with Gasteiger partial charge in [0, 0.05) is 22.1 Å². The molecule has 0 aliphatic heterocycles.